The van der Waals surface area contributed by atoms with Gasteiger partial charge in [-0.3, -0.25) is 4.79 Å². The molecule has 1 fully saturated rings. The van der Waals surface area contributed by atoms with Crippen LogP contribution in [0.4, 0.5) is 0 Å². The van der Waals surface area contributed by atoms with Crippen molar-refractivity contribution in [2.75, 3.05) is 39.4 Å². The van der Waals surface area contributed by atoms with Crippen LogP contribution >= 0.6 is 0 Å². The van der Waals surface area contributed by atoms with Gasteiger partial charge >= 0.3 is 0 Å². The fourth-order valence-electron chi connectivity index (χ4n) is 2.89. The first-order valence-electron chi connectivity index (χ1n) is 8.52. The van der Waals surface area contributed by atoms with Crippen LogP contribution in [0.1, 0.15) is 46.0 Å². The minimum absolute atomic E-state index is 0.000525. The topological polar surface area (TPSA) is 67.6 Å². The van der Waals surface area contributed by atoms with E-state index in [1.54, 1.807) is 0 Å². The van der Waals surface area contributed by atoms with E-state index in [1.807, 2.05) is 0 Å². The maximum atomic E-state index is 12.0. The summed E-state index contributed by atoms with van der Waals surface area (Å²) in [6, 6.07) is -0.378. The van der Waals surface area contributed by atoms with Crippen LogP contribution in [0.3, 0.4) is 0 Å². The highest BCUT2D eigenvalue weighted by atomic mass is 16.5. The fraction of sp³-hybridized carbons (Fsp3) is 0.938. The second-order valence-electron chi connectivity index (χ2n) is 5.96. The molecule has 0 aliphatic carbocycles. The molecule has 5 heteroatoms. The zero-order valence-electron chi connectivity index (χ0n) is 13.8. The molecule has 124 valence electrons. The van der Waals surface area contributed by atoms with Crippen molar-refractivity contribution in [1.29, 1.82) is 0 Å². The van der Waals surface area contributed by atoms with Gasteiger partial charge in [-0.1, -0.05) is 13.8 Å². The second-order valence-corrected chi connectivity index (χ2v) is 5.96. The third-order valence-corrected chi connectivity index (χ3v) is 4.11. The SMILES string of the molecule is CCCN(CCC)CCCNC(=O)C(N)C1CCOCC1. The van der Waals surface area contributed by atoms with Gasteiger partial charge in [-0.2, -0.15) is 0 Å². The quantitative estimate of drug-likeness (QED) is 0.598. The molecule has 0 aromatic heterocycles. The number of ether oxygens (including phenoxy) is 1. The van der Waals surface area contributed by atoms with Crippen molar-refractivity contribution in [1.82, 2.24) is 10.2 Å². The van der Waals surface area contributed by atoms with Crippen LogP contribution in [0.5, 0.6) is 0 Å². The van der Waals surface area contributed by atoms with Crippen LogP contribution in [0.15, 0.2) is 0 Å². The molecule has 0 bridgehead atoms. The maximum absolute atomic E-state index is 12.0. The minimum atomic E-state index is -0.378. The first-order valence-corrected chi connectivity index (χ1v) is 8.52. The van der Waals surface area contributed by atoms with Crippen molar-refractivity contribution in [3.8, 4) is 0 Å². The van der Waals surface area contributed by atoms with Crippen molar-refractivity contribution < 1.29 is 9.53 Å². The lowest BCUT2D eigenvalue weighted by molar-refractivity contribution is -0.124. The van der Waals surface area contributed by atoms with E-state index in [-0.39, 0.29) is 17.9 Å². The fourth-order valence-corrected chi connectivity index (χ4v) is 2.89. The van der Waals surface area contributed by atoms with Crippen molar-refractivity contribution in [2.45, 2.75) is 52.0 Å². The Balaban J connectivity index is 2.16. The number of rotatable bonds is 10. The van der Waals surface area contributed by atoms with E-state index in [0.717, 1.165) is 58.7 Å². The number of nitrogens with two attached hydrogens (primary N) is 1. The van der Waals surface area contributed by atoms with E-state index >= 15 is 0 Å². The van der Waals surface area contributed by atoms with Crippen LogP contribution in [-0.4, -0.2) is 56.2 Å². The first kappa shape index (κ1) is 18.4. The van der Waals surface area contributed by atoms with Crippen molar-refractivity contribution in [2.24, 2.45) is 11.7 Å². The minimum Gasteiger partial charge on any atom is -0.381 e. The maximum Gasteiger partial charge on any atom is 0.237 e. The molecule has 1 amide bonds. The number of nitrogens with zero attached hydrogens (tertiary/aromatic N) is 1. The molecule has 0 aromatic rings. The lowest BCUT2D eigenvalue weighted by atomic mass is 9.92. The predicted octanol–water partition coefficient (Wildman–Crippen LogP) is 1.37. The Hall–Kier alpha value is -0.650. The summed E-state index contributed by atoms with van der Waals surface area (Å²) in [6.45, 7) is 9.93. The highest BCUT2D eigenvalue weighted by molar-refractivity contribution is 5.81. The third-order valence-electron chi connectivity index (χ3n) is 4.11. The van der Waals surface area contributed by atoms with Gasteiger partial charge in [-0.15, -0.1) is 0 Å². The molecule has 1 aliphatic heterocycles. The molecule has 1 unspecified atom stereocenters. The molecule has 1 atom stereocenters. The van der Waals surface area contributed by atoms with E-state index in [9.17, 15) is 4.79 Å². The summed E-state index contributed by atoms with van der Waals surface area (Å²) < 4.78 is 5.31. The van der Waals surface area contributed by atoms with E-state index < -0.39 is 0 Å². The monoisotopic (exact) mass is 299 g/mol. The molecule has 0 saturated carbocycles. The summed E-state index contributed by atoms with van der Waals surface area (Å²) in [6.07, 6.45) is 5.15. The van der Waals surface area contributed by atoms with Crippen molar-refractivity contribution in [3.05, 3.63) is 0 Å². The van der Waals surface area contributed by atoms with Crippen LogP contribution in [0.2, 0.25) is 0 Å². The first-order chi connectivity index (χ1) is 10.2. The van der Waals surface area contributed by atoms with Gasteiger partial charge in [-0.25, -0.2) is 0 Å². The van der Waals surface area contributed by atoms with Crippen LogP contribution in [0.25, 0.3) is 0 Å². The zero-order chi connectivity index (χ0) is 15.5. The van der Waals surface area contributed by atoms with Crippen molar-refractivity contribution >= 4 is 5.91 Å². The smallest absolute Gasteiger partial charge is 0.237 e. The Labute approximate surface area is 129 Å². The van der Waals surface area contributed by atoms with Gasteiger partial charge < -0.3 is 20.7 Å². The van der Waals surface area contributed by atoms with E-state index in [4.69, 9.17) is 10.5 Å². The van der Waals surface area contributed by atoms with Gasteiger partial charge in [-0.05, 0) is 57.7 Å². The Kier molecular flexibility index (Phi) is 9.63. The van der Waals surface area contributed by atoms with Gasteiger partial charge in [0.05, 0.1) is 6.04 Å². The number of amides is 1. The molecule has 3 N–H and O–H groups in total. The van der Waals surface area contributed by atoms with Crippen LogP contribution in [0, 0.1) is 5.92 Å². The molecule has 0 radical (unpaired) electrons. The molecule has 1 heterocycles. The molecule has 21 heavy (non-hydrogen) atoms. The second kappa shape index (κ2) is 11.0. The normalized spacial score (nSPS) is 17.9. The number of carbonyl (C=O) groups is 1. The van der Waals surface area contributed by atoms with Gasteiger partial charge in [0.2, 0.25) is 5.91 Å². The highest BCUT2D eigenvalue weighted by Gasteiger charge is 2.26. The Morgan fingerprint density at radius 3 is 2.43 bits per heavy atom. The lowest BCUT2D eigenvalue weighted by Gasteiger charge is -2.27. The van der Waals surface area contributed by atoms with E-state index in [0.29, 0.717) is 0 Å². The standard InChI is InChI=1S/C16H33N3O2/c1-3-9-19(10-4-2)11-5-8-18-16(20)15(17)14-6-12-21-13-7-14/h14-15H,3-13,17H2,1-2H3,(H,18,20). The van der Waals surface area contributed by atoms with Gasteiger partial charge in [0.25, 0.3) is 0 Å². The molecule has 5 nitrogen and oxygen atoms in total. The Bertz CT molecular complexity index is 275. The largest absolute Gasteiger partial charge is 0.381 e. The predicted molar refractivity (Wildman–Crippen MR) is 86.2 cm³/mol. The molecular weight excluding hydrogens is 266 g/mol. The van der Waals surface area contributed by atoms with Crippen LogP contribution in [-0.2, 0) is 9.53 Å². The van der Waals surface area contributed by atoms with Gasteiger partial charge in [0.1, 0.15) is 0 Å². The summed E-state index contributed by atoms with van der Waals surface area (Å²) in [5.41, 5.74) is 6.05. The third kappa shape index (κ3) is 7.25. The number of hydrogen-bond donors (Lipinski definition) is 2. The van der Waals surface area contributed by atoms with Crippen LogP contribution < -0.4 is 11.1 Å². The summed E-state index contributed by atoms with van der Waals surface area (Å²) in [7, 11) is 0. The highest BCUT2D eigenvalue weighted by Crippen LogP contribution is 2.17. The number of carbonyl (C=O) groups excluding carboxylic acids is 1. The van der Waals surface area contributed by atoms with Gasteiger partial charge in [0, 0.05) is 19.8 Å². The average molecular weight is 299 g/mol. The lowest BCUT2D eigenvalue weighted by Crippen LogP contribution is -2.47. The van der Waals surface area contributed by atoms with Gasteiger partial charge in [0.15, 0.2) is 0 Å². The summed E-state index contributed by atoms with van der Waals surface area (Å²) >= 11 is 0. The molecule has 1 rings (SSSR count). The number of hydrogen-bond acceptors (Lipinski definition) is 4. The zero-order valence-corrected chi connectivity index (χ0v) is 13.8. The van der Waals surface area contributed by atoms with E-state index in [1.165, 1.54) is 12.8 Å². The van der Waals surface area contributed by atoms with Crippen molar-refractivity contribution in [3.63, 3.8) is 0 Å². The Morgan fingerprint density at radius 2 is 1.86 bits per heavy atom. The number of nitrogens with one attached hydrogen (secondary N) is 1. The summed E-state index contributed by atoms with van der Waals surface area (Å²) in [5.74, 6) is 0.273. The average Bonchev–Trinajstić information content (AvgIpc) is 2.51. The Morgan fingerprint density at radius 1 is 1.24 bits per heavy atom. The molecular formula is C16H33N3O2. The molecule has 0 spiro atoms. The summed E-state index contributed by atoms with van der Waals surface area (Å²) in [4.78, 5) is 14.5. The van der Waals surface area contributed by atoms with E-state index in [2.05, 4.69) is 24.1 Å². The summed E-state index contributed by atoms with van der Waals surface area (Å²) in [5, 5.41) is 2.99. The molecule has 0 aromatic carbocycles. The molecule has 1 aliphatic rings. The molecule has 1 saturated heterocycles.